The van der Waals surface area contributed by atoms with Crippen LogP contribution in [0, 0.1) is 5.82 Å². The number of piperazine rings is 1. The van der Waals surface area contributed by atoms with Gasteiger partial charge in [0.1, 0.15) is 11.6 Å². The minimum absolute atomic E-state index is 0.0188. The van der Waals surface area contributed by atoms with Crippen LogP contribution >= 0.6 is 11.6 Å². The summed E-state index contributed by atoms with van der Waals surface area (Å²) in [6, 6.07) is 8.27. The van der Waals surface area contributed by atoms with Crippen molar-refractivity contribution >= 4 is 29.0 Å². The van der Waals surface area contributed by atoms with Crippen LogP contribution in [0.15, 0.2) is 42.7 Å². The Morgan fingerprint density at radius 3 is 2.73 bits per heavy atom. The highest BCUT2D eigenvalue weighted by molar-refractivity contribution is 6.30. The van der Waals surface area contributed by atoms with Gasteiger partial charge in [-0.05, 0) is 29.8 Å². The molecule has 1 aromatic carbocycles. The fourth-order valence-electron chi connectivity index (χ4n) is 3.09. The van der Waals surface area contributed by atoms with Gasteiger partial charge in [-0.25, -0.2) is 13.9 Å². The van der Waals surface area contributed by atoms with Gasteiger partial charge in [-0.15, -0.1) is 5.10 Å². The number of fused-ring (bicyclic) bond motifs is 1. The first-order valence-corrected chi connectivity index (χ1v) is 8.75. The largest absolute Gasteiger partial charge is 0.352 e. The van der Waals surface area contributed by atoms with E-state index in [2.05, 4.69) is 15.0 Å². The van der Waals surface area contributed by atoms with Gasteiger partial charge in [0, 0.05) is 38.6 Å². The minimum Gasteiger partial charge on any atom is -0.352 e. The summed E-state index contributed by atoms with van der Waals surface area (Å²) < 4.78 is 15.0. The molecule has 134 valence electrons. The molecule has 0 unspecified atom stereocenters. The van der Waals surface area contributed by atoms with Crippen LogP contribution in [0.3, 0.4) is 0 Å². The molecule has 6 nitrogen and oxygen atoms in total. The van der Waals surface area contributed by atoms with E-state index in [9.17, 15) is 9.18 Å². The second-order valence-electron chi connectivity index (χ2n) is 6.21. The van der Waals surface area contributed by atoms with Gasteiger partial charge in [-0.3, -0.25) is 4.79 Å². The van der Waals surface area contributed by atoms with Crippen LogP contribution in [0.25, 0.3) is 5.65 Å². The number of hydrogen-bond acceptors (Lipinski definition) is 4. The molecule has 1 amide bonds. The summed E-state index contributed by atoms with van der Waals surface area (Å²) in [6.45, 7) is 2.67. The summed E-state index contributed by atoms with van der Waals surface area (Å²) in [7, 11) is 0. The first kappa shape index (κ1) is 16.8. The lowest BCUT2D eigenvalue weighted by Gasteiger charge is -2.35. The number of aromatic nitrogens is 3. The molecule has 3 aromatic rings. The molecule has 3 heterocycles. The maximum absolute atomic E-state index is 13.2. The van der Waals surface area contributed by atoms with Crippen molar-refractivity contribution in [3.63, 3.8) is 0 Å². The molecule has 0 N–H and O–H groups in total. The van der Waals surface area contributed by atoms with Crippen LogP contribution < -0.4 is 4.90 Å². The number of benzene rings is 1. The van der Waals surface area contributed by atoms with Crippen molar-refractivity contribution in [2.24, 2.45) is 0 Å². The predicted molar refractivity (Wildman–Crippen MR) is 96.9 cm³/mol. The summed E-state index contributed by atoms with van der Waals surface area (Å²) in [5.74, 6) is 0.414. The third kappa shape index (κ3) is 3.35. The molecule has 1 fully saturated rings. The van der Waals surface area contributed by atoms with Crippen LogP contribution in [0.1, 0.15) is 5.56 Å². The van der Waals surface area contributed by atoms with Gasteiger partial charge in [-0.1, -0.05) is 17.7 Å². The molecule has 1 aliphatic rings. The number of amides is 1. The lowest BCUT2D eigenvalue weighted by Crippen LogP contribution is -2.49. The van der Waals surface area contributed by atoms with E-state index in [-0.39, 0.29) is 17.4 Å². The van der Waals surface area contributed by atoms with E-state index >= 15 is 0 Å². The summed E-state index contributed by atoms with van der Waals surface area (Å²) in [5, 5.41) is 4.58. The maximum atomic E-state index is 13.2. The van der Waals surface area contributed by atoms with Crippen molar-refractivity contribution in [3.05, 3.63) is 59.1 Å². The summed E-state index contributed by atoms with van der Waals surface area (Å²) in [5.41, 5.74) is 1.52. The smallest absolute Gasteiger partial charge is 0.227 e. The van der Waals surface area contributed by atoms with E-state index in [0.717, 1.165) is 17.0 Å². The Labute approximate surface area is 154 Å². The number of carbonyl (C=O) groups excluding carboxylic acids is 1. The Morgan fingerprint density at radius 2 is 1.96 bits per heavy atom. The van der Waals surface area contributed by atoms with Crippen molar-refractivity contribution in [2.75, 3.05) is 31.1 Å². The van der Waals surface area contributed by atoms with Gasteiger partial charge in [-0.2, -0.15) is 0 Å². The molecule has 8 heteroatoms. The van der Waals surface area contributed by atoms with Gasteiger partial charge in [0.25, 0.3) is 0 Å². The van der Waals surface area contributed by atoms with E-state index in [1.165, 1.54) is 12.1 Å². The second kappa shape index (κ2) is 6.92. The first-order chi connectivity index (χ1) is 12.6. The molecule has 1 aliphatic heterocycles. The molecule has 1 saturated heterocycles. The average Bonchev–Trinajstić information content (AvgIpc) is 3.12. The lowest BCUT2D eigenvalue weighted by atomic mass is 10.1. The third-order valence-electron chi connectivity index (χ3n) is 4.54. The Bertz CT molecular complexity index is 952. The van der Waals surface area contributed by atoms with Crippen LogP contribution in [0.4, 0.5) is 10.2 Å². The number of imidazole rings is 1. The van der Waals surface area contributed by atoms with E-state index in [0.29, 0.717) is 26.2 Å². The van der Waals surface area contributed by atoms with Gasteiger partial charge < -0.3 is 9.80 Å². The normalized spacial score (nSPS) is 14.8. The highest BCUT2D eigenvalue weighted by Gasteiger charge is 2.22. The number of nitrogens with zero attached hydrogens (tertiary/aromatic N) is 5. The fourth-order valence-corrected chi connectivity index (χ4v) is 3.30. The zero-order valence-electron chi connectivity index (χ0n) is 14.0. The van der Waals surface area contributed by atoms with E-state index in [1.807, 2.05) is 23.2 Å². The first-order valence-electron chi connectivity index (χ1n) is 8.37. The zero-order chi connectivity index (χ0) is 18.1. The molecular weight excluding hydrogens is 357 g/mol. The summed E-state index contributed by atoms with van der Waals surface area (Å²) >= 11 is 5.78. The number of hydrogen-bond donors (Lipinski definition) is 0. The van der Waals surface area contributed by atoms with Crippen LogP contribution in [-0.2, 0) is 11.2 Å². The average molecular weight is 374 g/mol. The number of rotatable bonds is 3. The predicted octanol–water partition coefficient (Wildman–Crippen LogP) is 2.41. The lowest BCUT2D eigenvalue weighted by molar-refractivity contribution is -0.130. The molecule has 0 bridgehead atoms. The molecule has 0 aliphatic carbocycles. The molecule has 4 rings (SSSR count). The van der Waals surface area contributed by atoms with Gasteiger partial charge in [0.05, 0.1) is 11.4 Å². The molecule has 0 radical (unpaired) electrons. The fraction of sp³-hybridized carbons (Fsp3) is 0.278. The molecule has 0 atom stereocenters. The van der Waals surface area contributed by atoms with Crippen LogP contribution in [0.5, 0.6) is 0 Å². The zero-order valence-corrected chi connectivity index (χ0v) is 14.7. The molecule has 26 heavy (non-hydrogen) atoms. The van der Waals surface area contributed by atoms with Gasteiger partial charge in [0.15, 0.2) is 5.65 Å². The van der Waals surface area contributed by atoms with E-state index < -0.39 is 5.82 Å². The van der Waals surface area contributed by atoms with E-state index in [1.54, 1.807) is 16.8 Å². The molecule has 2 aromatic heterocycles. The highest BCUT2D eigenvalue weighted by atomic mass is 35.5. The standard InChI is InChI=1S/C18H17ClFN5O/c19-14-11-13(1-2-15(14)20)12-18(26)24-9-7-23(8-10-24)17-4-3-16-21-5-6-25(16)22-17/h1-6,11H,7-10,12H2. The van der Waals surface area contributed by atoms with Crippen LogP contribution in [-0.4, -0.2) is 51.6 Å². The molecule has 0 saturated carbocycles. The monoisotopic (exact) mass is 373 g/mol. The summed E-state index contributed by atoms with van der Waals surface area (Å²) in [6.07, 6.45) is 3.75. The minimum atomic E-state index is -0.473. The summed E-state index contributed by atoms with van der Waals surface area (Å²) in [4.78, 5) is 20.7. The molecular formula is C18H17ClFN5O. The van der Waals surface area contributed by atoms with Crippen LogP contribution in [0.2, 0.25) is 5.02 Å². The highest BCUT2D eigenvalue weighted by Crippen LogP contribution is 2.18. The SMILES string of the molecule is O=C(Cc1ccc(F)c(Cl)c1)N1CCN(c2ccc3nccn3n2)CC1. The van der Waals surface area contributed by atoms with Crippen molar-refractivity contribution in [1.29, 1.82) is 0 Å². The quantitative estimate of drug-likeness (QED) is 0.707. The second-order valence-corrected chi connectivity index (χ2v) is 6.62. The molecule has 0 spiro atoms. The van der Waals surface area contributed by atoms with Crippen molar-refractivity contribution < 1.29 is 9.18 Å². The third-order valence-corrected chi connectivity index (χ3v) is 4.83. The number of halogens is 2. The van der Waals surface area contributed by atoms with Crippen molar-refractivity contribution in [3.8, 4) is 0 Å². The number of carbonyl (C=O) groups is 1. The maximum Gasteiger partial charge on any atom is 0.227 e. The van der Waals surface area contributed by atoms with Crippen molar-refractivity contribution in [2.45, 2.75) is 6.42 Å². The Balaban J connectivity index is 1.37. The Hall–Kier alpha value is -2.67. The topological polar surface area (TPSA) is 53.7 Å². The van der Waals surface area contributed by atoms with Gasteiger partial charge in [0.2, 0.25) is 5.91 Å². The Kier molecular flexibility index (Phi) is 4.46. The number of anilines is 1. The van der Waals surface area contributed by atoms with E-state index in [4.69, 9.17) is 11.6 Å². The Morgan fingerprint density at radius 1 is 1.15 bits per heavy atom. The van der Waals surface area contributed by atoms with Gasteiger partial charge >= 0.3 is 0 Å². The van der Waals surface area contributed by atoms with Crippen molar-refractivity contribution in [1.82, 2.24) is 19.5 Å².